The van der Waals surface area contributed by atoms with E-state index in [0.717, 1.165) is 12.1 Å². The highest BCUT2D eigenvalue weighted by Gasteiger charge is 2.75. The number of esters is 1. The molecule has 1 rings (SSSR count). The van der Waals surface area contributed by atoms with E-state index in [1.807, 2.05) is 0 Å². The van der Waals surface area contributed by atoms with Gasteiger partial charge in [0.15, 0.2) is 0 Å². The zero-order valence-corrected chi connectivity index (χ0v) is 12.1. The summed E-state index contributed by atoms with van der Waals surface area (Å²) in [4.78, 5) is 11.6. The van der Waals surface area contributed by atoms with Crippen molar-refractivity contribution >= 4 is 29.4 Å². The summed E-state index contributed by atoms with van der Waals surface area (Å²) in [7, 11) is -0.841. The van der Waals surface area contributed by atoms with Crippen LogP contribution in [0.5, 0.6) is 0 Å². The van der Waals surface area contributed by atoms with Crippen molar-refractivity contribution in [1.82, 2.24) is 0 Å². The Morgan fingerprint density at radius 2 is 1.62 bits per heavy atom. The molecule has 1 aromatic carbocycles. The summed E-state index contributed by atoms with van der Waals surface area (Å²) >= 11 is 0. The van der Waals surface area contributed by atoms with Crippen molar-refractivity contribution in [1.29, 1.82) is 0 Å². The number of hydrogen-bond donors (Lipinski definition) is 0. The zero-order valence-electron chi connectivity index (χ0n) is 11.3. The first-order chi connectivity index (χ1) is 10.6. The molecule has 0 aliphatic rings. The minimum atomic E-state index is -6.42. The predicted octanol–water partition coefficient (Wildman–Crippen LogP) is 1.05. The highest BCUT2D eigenvalue weighted by molar-refractivity contribution is 7.85. The summed E-state index contributed by atoms with van der Waals surface area (Å²) in [5.74, 6) is -5.21. The maximum atomic E-state index is 12.9. The van der Waals surface area contributed by atoms with Crippen LogP contribution in [-0.4, -0.2) is 50.5 Å². The summed E-state index contributed by atoms with van der Waals surface area (Å²) in [6, 6.07) is 3.73. The first-order valence-corrected chi connectivity index (χ1v) is 7.33. The fourth-order valence-electron chi connectivity index (χ4n) is 1.60. The Labute approximate surface area is 132 Å². The number of benzene rings is 1. The lowest BCUT2D eigenvalue weighted by Gasteiger charge is -2.36. The number of hydrogen-bond acceptors (Lipinski definition) is 5. The molecule has 0 heterocycles. The van der Waals surface area contributed by atoms with E-state index in [1.165, 1.54) is 6.07 Å². The molecule has 0 aliphatic carbocycles. The van der Waals surface area contributed by atoms with Crippen LogP contribution >= 0.6 is 0 Å². The molecule has 0 saturated carbocycles. The van der Waals surface area contributed by atoms with Crippen LogP contribution in [0, 0.1) is 0 Å². The van der Waals surface area contributed by atoms with Crippen molar-refractivity contribution in [2.75, 3.05) is 5.75 Å². The van der Waals surface area contributed by atoms with Gasteiger partial charge in [-0.1, -0.05) is 23.7 Å². The Bertz CT molecular complexity index is 713. The maximum Gasteiger partial charge on any atom is 0.438 e. The van der Waals surface area contributed by atoms with Gasteiger partial charge in [-0.2, -0.15) is 26.3 Å². The van der Waals surface area contributed by atoms with Crippen LogP contribution in [0.25, 0.3) is 0 Å². The topological polar surface area (TPSA) is 83.5 Å². The molecular formula is C11H6BF6O5S-. The normalized spacial score (nSPS) is 13.6. The van der Waals surface area contributed by atoms with Gasteiger partial charge in [-0.15, -0.1) is 0 Å². The Balaban J connectivity index is 3.45. The van der Waals surface area contributed by atoms with Gasteiger partial charge in [0, 0.05) is 0 Å². The highest BCUT2D eigenvalue weighted by atomic mass is 32.2. The van der Waals surface area contributed by atoms with E-state index in [-0.39, 0.29) is 5.46 Å². The van der Waals surface area contributed by atoms with Gasteiger partial charge in [-0.05, 0) is 6.07 Å². The minimum Gasteiger partial charge on any atom is -0.748 e. The third kappa shape index (κ3) is 4.41. The lowest BCUT2D eigenvalue weighted by atomic mass is 9.94. The van der Waals surface area contributed by atoms with Crippen molar-refractivity contribution in [3.05, 3.63) is 29.8 Å². The van der Waals surface area contributed by atoms with E-state index in [2.05, 4.69) is 4.74 Å². The molecule has 0 aliphatic heterocycles. The van der Waals surface area contributed by atoms with E-state index in [0.29, 0.717) is 6.07 Å². The van der Waals surface area contributed by atoms with Gasteiger partial charge in [-0.25, -0.2) is 13.2 Å². The Kier molecular flexibility index (Phi) is 5.31. The molecule has 13 heteroatoms. The SMILES string of the molecule is [B]c1cccc(C(=O)OC(CS(=O)(=O)[O-])(C(F)(F)F)C(F)(F)F)c1. The van der Waals surface area contributed by atoms with Crippen LogP contribution in [0.2, 0.25) is 0 Å². The zero-order chi connectivity index (χ0) is 19.0. The summed E-state index contributed by atoms with van der Waals surface area (Å²) in [5, 5.41) is 0. The first kappa shape index (κ1) is 20.3. The number of alkyl halides is 6. The molecule has 1 aromatic rings. The van der Waals surface area contributed by atoms with Crippen molar-refractivity contribution < 1.29 is 48.8 Å². The summed E-state index contributed by atoms with van der Waals surface area (Å²) in [6.07, 6.45) is -12.8. The molecule has 0 atom stereocenters. The smallest absolute Gasteiger partial charge is 0.438 e. The predicted molar refractivity (Wildman–Crippen MR) is 66.7 cm³/mol. The number of halogens is 6. The van der Waals surface area contributed by atoms with Gasteiger partial charge in [-0.3, -0.25) is 0 Å². The molecule has 132 valence electrons. The number of ether oxygens (including phenoxy) is 1. The summed E-state index contributed by atoms with van der Waals surface area (Å²) in [6.45, 7) is 0. The fraction of sp³-hybridized carbons (Fsp3) is 0.364. The van der Waals surface area contributed by atoms with Crippen LogP contribution in [0.1, 0.15) is 10.4 Å². The van der Waals surface area contributed by atoms with Gasteiger partial charge in [0.1, 0.15) is 7.85 Å². The average Bonchev–Trinajstić information content (AvgIpc) is 2.33. The lowest BCUT2D eigenvalue weighted by Crippen LogP contribution is -2.63. The van der Waals surface area contributed by atoms with Gasteiger partial charge < -0.3 is 9.29 Å². The largest absolute Gasteiger partial charge is 0.748 e. The second kappa shape index (κ2) is 6.28. The Hall–Kier alpha value is -1.76. The van der Waals surface area contributed by atoms with Gasteiger partial charge in [0.05, 0.1) is 21.4 Å². The fourth-order valence-corrected chi connectivity index (χ4v) is 2.49. The maximum absolute atomic E-state index is 12.9. The van der Waals surface area contributed by atoms with Crippen LogP contribution in [0.3, 0.4) is 0 Å². The average molecular weight is 375 g/mol. The number of rotatable bonds is 4. The summed E-state index contributed by atoms with van der Waals surface area (Å²) in [5.41, 5.74) is -6.48. The molecule has 0 spiro atoms. The van der Waals surface area contributed by atoms with Crippen LogP contribution < -0.4 is 5.46 Å². The molecule has 5 nitrogen and oxygen atoms in total. The van der Waals surface area contributed by atoms with Gasteiger partial charge in [0.25, 0.3) is 0 Å². The van der Waals surface area contributed by atoms with Crippen molar-refractivity contribution in [3.63, 3.8) is 0 Å². The molecule has 0 unspecified atom stereocenters. The molecule has 0 N–H and O–H groups in total. The van der Waals surface area contributed by atoms with E-state index < -0.39 is 45.4 Å². The third-order valence-corrected chi connectivity index (χ3v) is 3.45. The number of carbonyl (C=O) groups excluding carboxylic acids is 1. The molecule has 2 radical (unpaired) electrons. The van der Waals surface area contributed by atoms with Crippen LogP contribution in [0.4, 0.5) is 26.3 Å². The van der Waals surface area contributed by atoms with E-state index in [1.54, 1.807) is 0 Å². The molecule has 0 saturated heterocycles. The molecular weight excluding hydrogens is 369 g/mol. The quantitative estimate of drug-likeness (QED) is 0.340. The lowest BCUT2D eigenvalue weighted by molar-refractivity contribution is -0.356. The third-order valence-electron chi connectivity index (χ3n) is 2.69. The van der Waals surface area contributed by atoms with Gasteiger partial charge in [0.2, 0.25) is 0 Å². The monoisotopic (exact) mass is 375 g/mol. The highest BCUT2D eigenvalue weighted by Crippen LogP contribution is 2.47. The van der Waals surface area contributed by atoms with Gasteiger partial charge >= 0.3 is 23.9 Å². The van der Waals surface area contributed by atoms with Crippen molar-refractivity contribution in [2.24, 2.45) is 0 Å². The second-order valence-corrected chi connectivity index (χ2v) is 5.94. The Morgan fingerprint density at radius 1 is 1.12 bits per heavy atom. The van der Waals surface area contributed by atoms with E-state index in [4.69, 9.17) is 7.85 Å². The number of carbonyl (C=O) groups is 1. The summed E-state index contributed by atoms with van der Waals surface area (Å²) < 4.78 is 113. The molecule has 0 fully saturated rings. The van der Waals surface area contributed by atoms with Crippen molar-refractivity contribution in [3.8, 4) is 0 Å². The molecule has 0 aromatic heterocycles. The van der Waals surface area contributed by atoms with Crippen LogP contribution in [0.15, 0.2) is 24.3 Å². The molecule has 24 heavy (non-hydrogen) atoms. The van der Waals surface area contributed by atoms with E-state index >= 15 is 0 Å². The molecule has 0 bridgehead atoms. The Morgan fingerprint density at radius 3 is 2.00 bits per heavy atom. The van der Waals surface area contributed by atoms with Crippen LogP contribution in [-0.2, 0) is 14.9 Å². The van der Waals surface area contributed by atoms with Crippen molar-refractivity contribution in [2.45, 2.75) is 18.0 Å². The first-order valence-electron chi connectivity index (χ1n) is 5.75. The minimum absolute atomic E-state index is 0.175. The van der Waals surface area contributed by atoms with E-state index in [9.17, 15) is 44.1 Å². The standard InChI is InChI=1S/C11H7BF6O5S/c12-7-3-1-2-6(4-7)8(19)23-9(10(13,14)15,11(16,17)18)5-24(20,21)22/h1-4H,5H2,(H,20,21,22)/p-1. The second-order valence-electron chi connectivity index (χ2n) is 4.54. The molecule has 0 amide bonds.